The van der Waals surface area contributed by atoms with Crippen LogP contribution in [0.4, 0.5) is 17.3 Å². The molecule has 0 saturated carbocycles. The molecule has 0 amide bonds. The number of nitrogens with zero attached hydrogens (tertiary/aromatic N) is 2. The summed E-state index contributed by atoms with van der Waals surface area (Å²) in [6.07, 6.45) is 1.57. The second-order valence-corrected chi connectivity index (χ2v) is 5.67. The predicted molar refractivity (Wildman–Crippen MR) is 89.8 cm³/mol. The number of rotatable bonds is 5. The number of benzene rings is 1. The van der Waals surface area contributed by atoms with E-state index in [1.54, 1.807) is 6.33 Å². The van der Waals surface area contributed by atoms with Crippen molar-refractivity contribution < 1.29 is 0 Å². The number of anilines is 3. The number of aromatic nitrogens is 2. The maximum absolute atomic E-state index is 6.18. The van der Waals surface area contributed by atoms with Crippen LogP contribution >= 0.6 is 11.6 Å². The summed E-state index contributed by atoms with van der Waals surface area (Å²) in [4.78, 5) is 8.72. The SMILES string of the molecule is CCNc1ncnc(Nc2ccc(C)c(Cl)c2)c1C(C)C. The van der Waals surface area contributed by atoms with E-state index in [0.717, 1.165) is 40.0 Å². The van der Waals surface area contributed by atoms with Gasteiger partial charge in [0.05, 0.1) is 0 Å². The van der Waals surface area contributed by atoms with Gasteiger partial charge >= 0.3 is 0 Å². The zero-order valence-corrected chi connectivity index (χ0v) is 13.6. The Morgan fingerprint density at radius 2 is 1.90 bits per heavy atom. The van der Waals surface area contributed by atoms with Crippen LogP contribution in [0, 0.1) is 6.92 Å². The molecule has 0 atom stereocenters. The fraction of sp³-hybridized carbons (Fsp3) is 0.375. The average Bonchev–Trinajstić information content (AvgIpc) is 2.43. The molecule has 5 heteroatoms. The van der Waals surface area contributed by atoms with Gasteiger partial charge in [0.15, 0.2) is 0 Å². The molecule has 1 aromatic heterocycles. The molecule has 0 saturated heterocycles. The number of nitrogens with one attached hydrogen (secondary N) is 2. The van der Waals surface area contributed by atoms with Crippen molar-refractivity contribution in [1.29, 1.82) is 0 Å². The number of hydrogen-bond acceptors (Lipinski definition) is 4. The number of aryl methyl sites for hydroxylation is 1. The molecule has 0 radical (unpaired) electrons. The van der Waals surface area contributed by atoms with Gasteiger partial charge in [0, 0.05) is 22.8 Å². The van der Waals surface area contributed by atoms with Gasteiger partial charge in [0.25, 0.3) is 0 Å². The van der Waals surface area contributed by atoms with Crippen molar-refractivity contribution in [3.63, 3.8) is 0 Å². The van der Waals surface area contributed by atoms with Crippen LogP contribution in [-0.2, 0) is 0 Å². The topological polar surface area (TPSA) is 49.8 Å². The third-order valence-electron chi connectivity index (χ3n) is 3.24. The van der Waals surface area contributed by atoms with Crippen molar-refractivity contribution in [2.45, 2.75) is 33.6 Å². The lowest BCUT2D eigenvalue weighted by molar-refractivity contribution is 0.849. The first-order valence-electron chi connectivity index (χ1n) is 7.14. The first-order valence-corrected chi connectivity index (χ1v) is 7.52. The smallest absolute Gasteiger partial charge is 0.139 e. The highest BCUT2D eigenvalue weighted by Gasteiger charge is 2.14. The van der Waals surface area contributed by atoms with Gasteiger partial charge in [-0.05, 0) is 37.5 Å². The third-order valence-corrected chi connectivity index (χ3v) is 3.65. The van der Waals surface area contributed by atoms with Crippen LogP contribution in [0.3, 0.4) is 0 Å². The normalized spacial score (nSPS) is 10.8. The molecule has 2 aromatic rings. The van der Waals surface area contributed by atoms with E-state index in [-0.39, 0.29) is 0 Å². The lowest BCUT2D eigenvalue weighted by atomic mass is 10.0. The molecule has 0 bridgehead atoms. The van der Waals surface area contributed by atoms with Gasteiger partial charge in [0.2, 0.25) is 0 Å². The average molecular weight is 305 g/mol. The van der Waals surface area contributed by atoms with Crippen LogP contribution in [0.2, 0.25) is 5.02 Å². The molecule has 0 aliphatic rings. The first-order chi connectivity index (χ1) is 10.0. The largest absolute Gasteiger partial charge is 0.370 e. The van der Waals surface area contributed by atoms with E-state index >= 15 is 0 Å². The van der Waals surface area contributed by atoms with Gasteiger partial charge in [-0.15, -0.1) is 0 Å². The predicted octanol–water partition coefficient (Wildman–Crippen LogP) is 4.74. The van der Waals surface area contributed by atoms with Gasteiger partial charge in [-0.25, -0.2) is 9.97 Å². The summed E-state index contributed by atoms with van der Waals surface area (Å²) >= 11 is 6.18. The van der Waals surface area contributed by atoms with Gasteiger partial charge in [-0.1, -0.05) is 31.5 Å². The third kappa shape index (κ3) is 3.64. The summed E-state index contributed by atoms with van der Waals surface area (Å²) in [5.41, 5.74) is 3.06. The van der Waals surface area contributed by atoms with Crippen molar-refractivity contribution in [1.82, 2.24) is 9.97 Å². The Balaban J connectivity index is 2.38. The molecule has 0 fully saturated rings. The molecular formula is C16H21ClN4. The van der Waals surface area contributed by atoms with Gasteiger partial charge in [-0.2, -0.15) is 0 Å². The first kappa shape index (κ1) is 15.6. The van der Waals surface area contributed by atoms with E-state index < -0.39 is 0 Å². The summed E-state index contributed by atoms with van der Waals surface area (Å²) in [6, 6.07) is 5.91. The highest BCUT2D eigenvalue weighted by molar-refractivity contribution is 6.31. The maximum Gasteiger partial charge on any atom is 0.139 e. The van der Waals surface area contributed by atoms with Crippen LogP contribution in [0.15, 0.2) is 24.5 Å². The fourth-order valence-electron chi connectivity index (χ4n) is 2.16. The van der Waals surface area contributed by atoms with Crippen molar-refractivity contribution in [3.05, 3.63) is 40.7 Å². The fourth-order valence-corrected chi connectivity index (χ4v) is 2.34. The van der Waals surface area contributed by atoms with Crippen LogP contribution in [0.5, 0.6) is 0 Å². The van der Waals surface area contributed by atoms with Crippen LogP contribution < -0.4 is 10.6 Å². The lowest BCUT2D eigenvalue weighted by Gasteiger charge is -2.17. The Morgan fingerprint density at radius 3 is 2.52 bits per heavy atom. The minimum absolute atomic E-state index is 0.309. The van der Waals surface area contributed by atoms with E-state index in [2.05, 4.69) is 41.4 Å². The summed E-state index contributed by atoms with van der Waals surface area (Å²) in [6.45, 7) is 9.13. The van der Waals surface area contributed by atoms with Crippen molar-refractivity contribution in [3.8, 4) is 0 Å². The summed E-state index contributed by atoms with van der Waals surface area (Å²) < 4.78 is 0. The van der Waals surface area contributed by atoms with E-state index in [9.17, 15) is 0 Å². The van der Waals surface area contributed by atoms with Crippen LogP contribution in [0.25, 0.3) is 0 Å². The van der Waals surface area contributed by atoms with Crippen molar-refractivity contribution >= 4 is 28.9 Å². The molecule has 0 spiro atoms. The molecule has 0 aliphatic heterocycles. The minimum atomic E-state index is 0.309. The molecule has 0 unspecified atom stereocenters. The molecular weight excluding hydrogens is 284 g/mol. The van der Waals surface area contributed by atoms with Crippen LogP contribution in [-0.4, -0.2) is 16.5 Å². The molecule has 2 rings (SSSR count). The van der Waals surface area contributed by atoms with Gasteiger partial charge < -0.3 is 10.6 Å². The second-order valence-electron chi connectivity index (χ2n) is 5.26. The molecule has 2 N–H and O–H groups in total. The number of hydrogen-bond donors (Lipinski definition) is 2. The van der Waals surface area contributed by atoms with E-state index in [1.165, 1.54) is 0 Å². The second kappa shape index (κ2) is 6.76. The summed E-state index contributed by atoms with van der Waals surface area (Å²) in [5, 5.41) is 7.37. The molecule has 112 valence electrons. The molecule has 1 heterocycles. The Morgan fingerprint density at radius 1 is 1.19 bits per heavy atom. The molecule has 1 aromatic carbocycles. The van der Waals surface area contributed by atoms with Gasteiger partial charge in [-0.3, -0.25) is 0 Å². The quantitative estimate of drug-likeness (QED) is 0.838. The minimum Gasteiger partial charge on any atom is -0.370 e. The molecule has 21 heavy (non-hydrogen) atoms. The van der Waals surface area contributed by atoms with Crippen molar-refractivity contribution in [2.75, 3.05) is 17.2 Å². The Bertz CT molecular complexity index is 626. The number of halogens is 1. The van der Waals surface area contributed by atoms with Crippen LogP contribution in [0.1, 0.15) is 37.8 Å². The standard InChI is InChI=1S/C16H21ClN4/c1-5-18-15-14(10(2)3)16(20-9-19-15)21-12-7-6-11(4)13(17)8-12/h6-10H,5H2,1-4H3,(H2,18,19,20,21). The zero-order valence-electron chi connectivity index (χ0n) is 12.9. The lowest BCUT2D eigenvalue weighted by Crippen LogP contribution is -2.09. The summed E-state index contributed by atoms with van der Waals surface area (Å²) in [7, 11) is 0. The van der Waals surface area contributed by atoms with Gasteiger partial charge in [0.1, 0.15) is 18.0 Å². The van der Waals surface area contributed by atoms with Crippen molar-refractivity contribution in [2.24, 2.45) is 0 Å². The molecule has 0 aliphatic carbocycles. The van der Waals surface area contributed by atoms with E-state index in [1.807, 2.05) is 25.1 Å². The maximum atomic E-state index is 6.18. The highest BCUT2D eigenvalue weighted by Crippen LogP contribution is 2.31. The Labute approximate surface area is 131 Å². The zero-order chi connectivity index (χ0) is 15.4. The Hall–Kier alpha value is -1.81. The van der Waals surface area contributed by atoms with E-state index in [0.29, 0.717) is 5.92 Å². The van der Waals surface area contributed by atoms with E-state index in [4.69, 9.17) is 11.6 Å². The molecule has 4 nitrogen and oxygen atoms in total. The summed E-state index contributed by atoms with van der Waals surface area (Å²) in [5.74, 6) is 2.00. The monoisotopic (exact) mass is 304 g/mol. The highest BCUT2D eigenvalue weighted by atomic mass is 35.5. The Kier molecular flexibility index (Phi) is 5.02.